The average molecular weight is 1110 g/mol. The van der Waals surface area contributed by atoms with Crippen LogP contribution in [-0.4, -0.2) is 195 Å². The van der Waals surface area contributed by atoms with Crippen LogP contribution in [0.25, 0.3) is 0 Å². The zero-order valence-electron chi connectivity index (χ0n) is 47.0. The van der Waals surface area contributed by atoms with Gasteiger partial charge >= 0.3 is 23.9 Å². The second-order valence-electron chi connectivity index (χ2n) is 22.3. The number of rotatable bonds is 16. The Labute approximate surface area is 454 Å². The first kappa shape index (κ1) is 65.1. The van der Waals surface area contributed by atoms with Gasteiger partial charge < -0.3 is 87.9 Å². The molecule has 0 aromatic carbocycles. The Kier molecular flexibility index (Phi) is 26.2. The van der Waals surface area contributed by atoms with Crippen molar-refractivity contribution in [1.82, 2.24) is 0 Å². The highest BCUT2D eigenvalue weighted by Crippen LogP contribution is 2.42. The maximum Gasteiger partial charge on any atom is 0.311 e. The highest BCUT2D eigenvalue weighted by Gasteiger charge is 2.60. The van der Waals surface area contributed by atoms with Gasteiger partial charge in [0.05, 0.1) is 66.4 Å². The van der Waals surface area contributed by atoms with Crippen molar-refractivity contribution >= 4 is 23.9 Å². The molecule has 0 radical (unpaired) electrons. The predicted molar refractivity (Wildman–Crippen MR) is 272 cm³/mol. The lowest BCUT2D eigenvalue weighted by atomic mass is 9.80. The molecule has 5 heterocycles. The summed E-state index contributed by atoms with van der Waals surface area (Å²) in [6.07, 6.45) is -20.9. The van der Waals surface area contributed by atoms with Gasteiger partial charge in [-0.15, -0.1) is 0 Å². The summed E-state index contributed by atoms with van der Waals surface area (Å²) in [7, 11) is 0. The van der Waals surface area contributed by atoms with Crippen LogP contribution in [0.4, 0.5) is 0 Å². The summed E-state index contributed by atoms with van der Waals surface area (Å²) in [4.78, 5) is 54.0. The smallest absolute Gasteiger partial charge is 0.311 e. The van der Waals surface area contributed by atoms with E-state index in [0.717, 1.165) is 51.4 Å². The van der Waals surface area contributed by atoms with Crippen LogP contribution in [-0.2, 0) is 71.3 Å². The van der Waals surface area contributed by atoms with E-state index >= 15 is 0 Å². The third kappa shape index (κ3) is 17.2. The molecule has 0 aromatic heterocycles. The Morgan fingerprint density at radius 1 is 0.584 bits per heavy atom. The number of ether oxygens (including phenoxy) is 11. The van der Waals surface area contributed by atoms with Crippen LogP contribution in [0, 0.1) is 23.7 Å². The van der Waals surface area contributed by atoms with Crippen molar-refractivity contribution in [3.63, 3.8) is 0 Å². The number of carbonyl (C=O) groups excluding carboxylic acids is 4. The Bertz CT molecular complexity index is 1810. The standard InChI is InChI=1S/C55H94O22/c1-11-14-20-23-34-24-21-18-16-15-17-19-22-25-36(57)73-48-45(76-54-43(63)42(62)44(32(9)69-54)74-50(64)27(4)12-2)33(10)70-55(49(48)75-51(65)28(5)13-3)77-47-41(61)39(59)35(26-67-52(66)29(6)30(7)56)72-46(47)37-40(60)38(58)31(8)68-53(37)71-34/h27-35,37-49,53-56,58-63H,11-26H2,1-10H3/t27-,28?,29+,30+,31+,32+,33-,34?,35+,37-,38+,39+,40+,41-,42+,43+,44+,45-,46-,47+,48+,49+,53-,54-,55-/m0/s1. The first-order chi connectivity index (χ1) is 36.5. The summed E-state index contributed by atoms with van der Waals surface area (Å²) in [6.45, 7) is 15.7. The van der Waals surface area contributed by atoms with Crippen molar-refractivity contribution < 1.29 is 107 Å². The van der Waals surface area contributed by atoms with Gasteiger partial charge in [-0.3, -0.25) is 19.2 Å². The lowest BCUT2D eigenvalue weighted by Crippen LogP contribution is -2.70. The number of aliphatic hydroxyl groups excluding tert-OH is 7. The summed E-state index contributed by atoms with van der Waals surface area (Å²) in [5, 5.41) is 81.0. The quantitative estimate of drug-likeness (QED) is 0.0662. The molecule has 446 valence electrons. The van der Waals surface area contributed by atoms with E-state index in [1.807, 2.05) is 0 Å². The predicted octanol–water partition coefficient (Wildman–Crippen LogP) is 3.42. The Morgan fingerprint density at radius 3 is 1.81 bits per heavy atom. The fourth-order valence-electron chi connectivity index (χ4n) is 10.4. The molecule has 2 bridgehead atoms. The van der Waals surface area contributed by atoms with Crippen molar-refractivity contribution in [2.24, 2.45) is 23.7 Å². The van der Waals surface area contributed by atoms with Crippen LogP contribution in [0.2, 0.25) is 0 Å². The van der Waals surface area contributed by atoms with Crippen molar-refractivity contribution in [3.05, 3.63) is 0 Å². The minimum Gasteiger partial charge on any atom is -0.463 e. The van der Waals surface area contributed by atoms with Crippen LogP contribution in [0.1, 0.15) is 166 Å². The number of fused-ring (bicyclic) bond motifs is 5. The minimum atomic E-state index is -1.98. The summed E-state index contributed by atoms with van der Waals surface area (Å²) < 4.78 is 69.1. The molecule has 7 N–H and O–H groups in total. The van der Waals surface area contributed by atoms with E-state index in [2.05, 4.69) is 6.92 Å². The Balaban J connectivity index is 1.62. The lowest BCUT2D eigenvalue weighted by Gasteiger charge is -2.52. The van der Waals surface area contributed by atoms with Crippen molar-refractivity contribution in [2.75, 3.05) is 6.61 Å². The molecule has 0 aliphatic carbocycles. The fraction of sp³-hybridized carbons (Fsp3) is 0.927. The number of carbonyl (C=O) groups is 4. The maximum absolute atomic E-state index is 14.1. The molecule has 0 saturated carbocycles. The van der Waals surface area contributed by atoms with Crippen LogP contribution in [0.15, 0.2) is 0 Å². The van der Waals surface area contributed by atoms with Crippen LogP contribution < -0.4 is 0 Å². The second kappa shape index (κ2) is 30.9. The molecule has 22 heteroatoms. The average Bonchev–Trinajstić information content (AvgIpc) is 3.39. The van der Waals surface area contributed by atoms with E-state index in [-0.39, 0.29) is 12.5 Å². The molecular formula is C55H94O22. The maximum atomic E-state index is 14.1. The highest BCUT2D eigenvalue weighted by molar-refractivity contribution is 5.73. The van der Waals surface area contributed by atoms with Crippen molar-refractivity contribution in [3.8, 4) is 0 Å². The number of aliphatic hydroxyl groups is 7. The molecule has 22 nitrogen and oxygen atoms in total. The van der Waals surface area contributed by atoms with Crippen LogP contribution >= 0.6 is 0 Å². The number of hydrogen-bond acceptors (Lipinski definition) is 22. The van der Waals surface area contributed by atoms with Gasteiger partial charge in [-0.05, 0) is 66.7 Å². The lowest BCUT2D eigenvalue weighted by molar-refractivity contribution is -0.378. The van der Waals surface area contributed by atoms with E-state index < -0.39 is 177 Å². The zero-order valence-corrected chi connectivity index (χ0v) is 47.0. The zero-order chi connectivity index (χ0) is 56.8. The third-order valence-corrected chi connectivity index (χ3v) is 16.2. The van der Waals surface area contributed by atoms with Gasteiger partial charge in [0, 0.05) is 6.42 Å². The van der Waals surface area contributed by atoms with Crippen molar-refractivity contribution in [2.45, 2.75) is 294 Å². The fourth-order valence-corrected chi connectivity index (χ4v) is 10.4. The Hall–Kier alpha value is -2.68. The first-order valence-corrected chi connectivity index (χ1v) is 28.7. The molecule has 2 unspecified atom stereocenters. The van der Waals surface area contributed by atoms with Gasteiger partial charge in [-0.1, -0.05) is 92.4 Å². The molecule has 5 rings (SSSR count). The molecule has 0 aromatic rings. The van der Waals surface area contributed by atoms with Gasteiger partial charge in [0.25, 0.3) is 0 Å². The Morgan fingerprint density at radius 2 is 1.18 bits per heavy atom. The topological polar surface area (TPSA) is 311 Å². The third-order valence-electron chi connectivity index (χ3n) is 16.2. The summed E-state index contributed by atoms with van der Waals surface area (Å²) >= 11 is 0. The second-order valence-corrected chi connectivity index (χ2v) is 22.3. The highest BCUT2D eigenvalue weighted by atomic mass is 16.8. The van der Waals surface area contributed by atoms with Gasteiger partial charge in [-0.25, -0.2) is 0 Å². The number of unbranched alkanes of at least 4 members (excludes halogenated alkanes) is 2. The summed E-state index contributed by atoms with van der Waals surface area (Å²) in [6, 6.07) is 0. The molecular weight excluding hydrogens is 1010 g/mol. The number of esters is 4. The van der Waals surface area contributed by atoms with E-state index in [1.54, 1.807) is 34.6 Å². The van der Waals surface area contributed by atoms with Crippen LogP contribution in [0.5, 0.6) is 0 Å². The first-order valence-electron chi connectivity index (χ1n) is 28.7. The van der Waals surface area contributed by atoms with E-state index in [9.17, 15) is 54.9 Å². The SMILES string of the molecule is CCCCCC1CCCCCCCCCC(=O)O[C@@H]2[C@@H](O[C@@H]3O[C@H](C)[C@@H](OC(=O)[C@@H](C)CC)[C@H](O)[C@H]3O)[C@H](C)O[C@@H](O[C@@H]3[C@@H](O)[C@H](O)[C@@H](COC(=O)[C@H](C)[C@@H](C)O)O[C@H]3[C@H]3[C@H](O1)O[C@H](C)[C@@H](O)[C@@H]3O)[C@@H]2OC(=O)C(C)CC. The molecule has 0 spiro atoms. The molecule has 77 heavy (non-hydrogen) atoms. The molecule has 5 fully saturated rings. The van der Waals surface area contributed by atoms with Gasteiger partial charge in [0.15, 0.2) is 37.2 Å². The van der Waals surface area contributed by atoms with Crippen molar-refractivity contribution in [1.29, 1.82) is 0 Å². The largest absolute Gasteiger partial charge is 0.463 e. The van der Waals surface area contributed by atoms with E-state index in [0.29, 0.717) is 38.5 Å². The molecule has 5 saturated heterocycles. The summed E-state index contributed by atoms with van der Waals surface area (Å²) in [5.41, 5.74) is 0. The van der Waals surface area contributed by atoms with Gasteiger partial charge in [0.1, 0.15) is 55.4 Å². The molecule has 25 atom stereocenters. The van der Waals surface area contributed by atoms with Gasteiger partial charge in [-0.2, -0.15) is 0 Å². The van der Waals surface area contributed by atoms with E-state index in [1.165, 1.54) is 27.7 Å². The molecule has 5 aliphatic heterocycles. The van der Waals surface area contributed by atoms with E-state index in [4.69, 9.17) is 52.1 Å². The number of hydrogen-bond donors (Lipinski definition) is 7. The minimum absolute atomic E-state index is 0.0541. The normalized spacial score (nSPS) is 40.6. The summed E-state index contributed by atoms with van der Waals surface area (Å²) in [5.74, 6) is -6.54. The monoisotopic (exact) mass is 1110 g/mol. The molecule has 0 amide bonds. The molecule has 5 aliphatic rings. The van der Waals surface area contributed by atoms with Crippen LogP contribution in [0.3, 0.4) is 0 Å². The van der Waals surface area contributed by atoms with Gasteiger partial charge in [0.2, 0.25) is 0 Å².